The third-order valence-electron chi connectivity index (χ3n) is 2.69. The van der Waals surface area contributed by atoms with E-state index in [2.05, 4.69) is 9.97 Å². The standard InChI is InChI=1S/C12H7FN2O2/c13-6-1-2-7-8-3-4-14-11(12(16)17)10(8)15-9(7)5-6/h1-5,15H,(H,16,17). The average molecular weight is 230 g/mol. The summed E-state index contributed by atoms with van der Waals surface area (Å²) >= 11 is 0. The fraction of sp³-hybridized carbons (Fsp3) is 0. The second-order valence-electron chi connectivity index (χ2n) is 3.70. The van der Waals surface area contributed by atoms with Crippen molar-refractivity contribution in [3.8, 4) is 0 Å². The van der Waals surface area contributed by atoms with Crippen LogP contribution in [-0.4, -0.2) is 21.0 Å². The normalized spacial score (nSPS) is 11.1. The topological polar surface area (TPSA) is 66.0 Å². The maximum atomic E-state index is 13.1. The zero-order valence-corrected chi connectivity index (χ0v) is 8.57. The van der Waals surface area contributed by atoms with E-state index < -0.39 is 5.97 Å². The van der Waals surface area contributed by atoms with E-state index in [1.54, 1.807) is 12.1 Å². The lowest BCUT2D eigenvalue weighted by atomic mass is 10.1. The second-order valence-corrected chi connectivity index (χ2v) is 3.70. The van der Waals surface area contributed by atoms with E-state index in [4.69, 9.17) is 5.11 Å². The van der Waals surface area contributed by atoms with Gasteiger partial charge in [-0.05, 0) is 24.3 Å². The predicted octanol–water partition coefficient (Wildman–Crippen LogP) is 2.55. The molecule has 0 aliphatic heterocycles. The molecule has 0 atom stereocenters. The van der Waals surface area contributed by atoms with Gasteiger partial charge in [0.2, 0.25) is 0 Å². The number of aromatic nitrogens is 2. The number of halogens is 1. The summed E-state index contributed by atoms with van der Waals surface area (Å²) in [6.45, 7) is 0. The molecule has 0 aliphatic carbocycles. The molecule has 84 valence electrons. The molecule has 0 spiro atoms. The Morgan fingerprint density at radius 2 is 2.12 bits per heavy atom. The summed E-state index contributed by atoms with van der Waals surface area (Å²) < 4.78 is 13.1. The number of hydrogen-bond donors (Lipinski definition) is 2. The number of H-pyrrole nitrogens is 1. The van der Waals surface area contributed by atoms with Gasteiger partial charge in [-0.3, -0.25) is 0 Å². The summed E-state index contributed by atoms with van der Waals surface area (Å²) in [4.78, 5) is 17.7. The highest BCUT2D eigenvalue weighted by molar-refractivity contribution is 6.12. The Bertz CT molecular complexity index is 749. The van der Waals surface area contributed by atoms with Crippen LogP contribution in [0.2, 0.25) is 0 Å². The van der Waals surface area contributed by atoms with Gasteiger partial charge in [-0.2, -0.15) is 0 Å². The number of nitrogens with zero attached hydrogens (tertiary/aromatic N) is 1. The number of aromatic carboxylic acids is 1. The van der Waals surface area contributed by atoms with Crippen molar-refractivity contribution in [2.24, 2.45) is 0 Å². The van der Waals surface area contributed by atoms with Crippen molar-refractivity contribution in [2.45, 2.75) is 0 Å². The minimum Gasteiger partial charge on any atom is -0.476 e. The largest absolute Gasteiger partial charge is 0.476 e. The number of carboxylic acid groups (broad SMARTS) is 1. The maximum absolute atomic E-state index is 13.1. The molecule has 5 heteroatoms. The van der Waals surface area contributed by atoms with Crippen molar-refractivity contribution in [3.05, 3.63) is 42.0 Å². The van der Waals surface area contributed by atoms with Crippen molar-refractivity contribution in [1.29, 1.82) is 0 Å². The van der Waals surface area contributed by atoms with Crippen LogP contribution in [0.5, 0.6) is 0 Å². The molecule has 1 aromatic carbocycles. The third kappa shape index (κ3) is 1.36. The van der Waals surface area contributed by atoms with E-state index in [-0.39, 0.29) is 11.5 Å². The van der Waals surface area contributed by atoms with Crippen molar-refractivity contribution in [1.82, 2.24) is 9.97 Å². The molecular formula is C12H7FN2O2. The molecule has 4 nitrogen and oxygen atoms in total. The molecule has 3 rings (SSSR count). The van der Waals surface area contributed by atoms with Gasteiger partial charge in [0.25, 0.3) is 0 Å². The monoisotopic (exact) mass is 230 g/mol. The molecule has 0 unspecified atom stereocenters. The van der Waals surface area contributed by atoms with Gasteiger partial charge in [0.1, 0.15) is 5.82 Å². The number of hydrogen-bond acceptors (Lipinski definition) is 2. The zero-order chi connectivity index (χ0) is 12.0. The van der Waals surface area contributed by atoms with Crippen LogP contribution in [0.3, 0.4) is 0 Å². The number of fused-ring (bicyclic) bond motifs is 3. The van der Waals surface area contributed by atoms with Crippen molar-refractivity contribution >= 4 is 27.8 Å². The van der Waals surface area contributed by atoms with Gasteiger partial charge in [0, 0.05) is 22.5 Å². The first-order valence-electron chi connectivity index (χ1n) is 4.96. The summed E-state index contributed by atoms with van der Waals surface area (Å²) in [6.07, 6.45) is 1.43. The van der Waals surface area contributed by atoms with Crippen LogP contribution in [-0.2, 0) is 0 Å². The lowest BCUT2D eigenvalue weighted by Crippen LogP contribution is -2.00. The molecule has 0 aliphatic rings. The molecule has 0 bridgehead atoms. The molecular weight excluding hydrogens is 223 g/mol. The van der Waals surface area contributed by atoms with Crippen LogP contribution in [0.25, 0.3) is 21.8 Å². The summed E-state index contributed by atoms with van der Waals surface area (Å²) in [6, 6.07) is 6.01. The number of benzene rings is 1. The van der Waals surface area contributed by atoms with E-state index >= 15 is 0 Å². The smallest absolute Gasteiger partial charge is 0.356 e. The molecule has 2 aromatic heterocycles. The second kappa shape index (κ2) is 3.28. The van der Waals surface area contributed by atoms with Crippen LogP contribution < -0.4 is 0 Å². The van der Waals surface area contributed by atoms with E-state index in [1.807, 2.05) is 0 Å². The Hall–Kier alpha value is -2.43. The van der Waals surface area contributed by atoms with Gasteiger partial charge < -0.3 is 10.1 Å². The van der Waals surface area contributed by atoms with Crippen molar-refractivity contribution in [3.63, 3.8) is 0 Å². The molecule has 2 heterocycles. The number of aromatic amines is 1. The minimum absolute atomic E-state index is 0.0564. The summed E-state index contributed by atoms with van der Waals surface area (Å²) in [5.74, 6) is -1.48. The summed E-state index contributed by atoms with van der Waals surface area (Å²) in [5.41, 5.74) is 0.926. The van der Waals surface area contributed by atoms with Crippen LogP contribution in [0.1, 0.15) is 10.5 Å². The Morgan fingerprint density at radius 1 is 1.29 bits per heavy atom. The summed E-state index contributed by atoms with van der Waals surface area (Å²) in [5, 5.41) is 10.5. The molecule has 0 fully saturated rings. The maximum Gasteiger partial charge on any atom is 0.356 e. The summed E-state index contributed by atoms with van der Waals surface area (Å²) in [7, 11) is 0. The minimum atomic E-state index is -1.11. The highest BCUT2D eigenvalue weighted by atomic mass is 19.1. The fourth-order valence-electron chi connectivity index (χ4n) is 1.96. The highest BCUT2D eigenvalue weighted by Crippen LogP contribution is 2.26. The van der Waals surface area contributed by atoms with Gasteiger partial charge in [-0.25, -0.2) is 14.2 Å². The van der Waals surface area contributed by atoms with E-state index in [9.17, 15) is 9.18 Å². The van der Waals surface area contributed by atoms with E-state index in [0.29, 0.717) is 11.0 Å². The molecule has 0 saturated heterocycles. The molecule has 0 saturated carbocycles. The molecule has 0 radical (unpaired) electrons. The predicted molar refractivity (Wildman–Crippen MR) is 60.5 cm³/mol. The Labute approximate surface area is 94.7 Å². The van der Waals surface area contributed by atoms with Gasteiger partial charge in [-0.1, -0.05) is 0 Å². The lowest BCUT2D eigenvalue weighted by molar-refractivity contribution is 0.0692. The van der Waals surface area contributed by atoms with E-state index in [0.717, 1.165) is 10.8 Å². The first-order chi connectivity index (χ1) is 8.16. The van der Waals surface area contributed by atoms with Gasteiger partial charge in [-0.15, -0.1) is 0 Å². The highest BCUT2D eigenvalue weighted by Gasteiger charge is 2.14. The lowest BCUT2D eigenvalue weighted by Gasteiger charge is -1.94. The first kappa shape index (κ1) is 9.77. The van der Waals surface area contributed by atoms with Crippen LogP contribution >= 0.6 is 0 Å². The van der Waals surface area contributed by atoms with Crippen molar-refractivity contribution < 1.29 is 14.3 Å². The molecule has 3 aromatic rings. The van der Waals surface area contributed by atoms with Crippen LogP contribution in [0.4, 0.5) is 4.39 Å². The third-order valence-corrected chi connectivity index (χ3v) is 2.69. The fourth-order valence-corrected chi connectivity index (χ4v) is 1.96. The van der Waals surface area contributed by atoms with Crippen LogP contribution in [0, 0.1) is 5.82 Å². The first-order valence-corrected chi connectivity index (χ1v) is 4.96. The SMILES string of the molecule is O=C(O)c1nccc2c1[nH]c1cc(F)ccc12. The Kier molecular flexibility index (Phi) is 1.89. The van der Waals surface area contributed by atoms with Gasteiger partial charge in [0.15, 0.2) is 5.69 Å². The quantitative estimate of drug-likeness (QED) is 0.675. The average Bonchev–Trinajstić information content (AvgIpc) is 2.65. The number of pyridine rings is 1. The van der Waals surface area contributed by atoms with Gasteiger partial charge in [0.05, 0.1) is 5.52 Å². The molecule has 2 N–H and O–H groups in total. The number of nitrogens with one attached hydrogen (secondary N) is 1. The van der Waals surface area contributed by atoms with Crippen molar-refractivity contribution in [2.75, 3.05) is 0 Å². The number of carboxylic acids is 1. The van der Waals surface area contributed by atoms with E-state index in [1.165, 1.54) is 18.3 Å². The molecule has 17 heavy (non-hydrogen) atoms. The molecule has 0 amide bonds. The Morgan fingerprint density at radius 3 is 2.88 bits per heavy atom. The van der Waals surface area contributed by atoms with Crippen LogP contribution in [0.15, 0.2) is 30.5 Å². The van der Waals surface area contributed by atoms with Gasteiger partial charge >= 0.3 is 5.97 Å². The number of rotatable bonds is 1. The number of carbonyl (C=O) groups is 1. The zero-order valence-electron chi connectivity index (χ0n) is 8.57. The Balaban J connectivity index is 2.50.